The van der Waals surface area contributed by atoms with Crippen LogP contribution >= 0.6 is 11.8 Å². The number of Topliss-reactive ketones (excluding diaryl/α,β-unsaturated/α-hetero) is 1. The number of rotatable bonds is 3. The van der Waals surface area contributed by atoms with Crippen LogP contribution in [0.25, 0.3) is 0 Å². The zero-order chi connectivity index (χ0) is 14.0. The summed E-state index contributed by atoms with van der Waals surface area (Å²) >= 11 is 1.23. The Morgan fingerprint density at radius 2 is 2.05 bits per heavy atom. The van der Waals surface area contributed by atoms with Crippen LogP contribution in [0, 0.1) is 0 Å². The zero-order valence-corrected chi connectivity index (χ0v) is 11.2. The number of ketones is 1. The predicted octanol–water partition coefficient (Wildman–Crippen LogP) is 0.424. The van der Waals surface area contributed by atoms with Crippen LogP contribution in [0.1, 0.15) is 17.3 Å². The van der Waals surface area contributed by atoms with E-state index in [1.54, 1.807) is 24.3 Å². The van der Waals surface area contributed by atoms with Gasteiger partial charge in [-0.2, -0.15) is 0 Å². The zero-order valence-electron chi connectivity index (χ0n) is 10.4. The molecule has 1 heterocycles. The summed E-state index contributed by atoms with van der Waals surface area (Å²) in [5.74, 6) is 0.667. The Hall–Kier alpha value is -1.08. The molecule has 19 heavy (non-hydrogen) atoms. The Kier molecular flexibility index (Phi) is 4.46. The van der Waals surface area contributed by atoms with E-state index in [-0.39, 0.29) is 11.5 Å². The fraction of sp³-hybridized carbons (Fsp3) is 0.462. The Bertz CT molecular complexity index is 464. The van der Waals surface area contributed by atoms with E-state index < -0.39 is 23.7 Å². The Morgan fingerprint density at radius 3 is 2.74 bits per heavy atom. The smallest absolute Gasteiger partial charge is 0.173 e. The Morgan fingerprint density at radius 1 is 1.32 bits per heavy atom. The van der Waals surface area contributed by atoms with Gasteiger partial charge in [0.15, 0.2) is 11.2 Å². The van der Waals surface area contributed by atoms with Gasteiger partial charge in [-0.05, 0) is 19.1 Å². The van der Waals surface area contributed by atoms with Gasteiger partial charge < -0.3 is 20.1 Å². The maximum absolute atomic E-state index is 11.3. The lowest BCUT2D eigenvalue weighted by molar-refractivity contribution is -0.0786. The summed E-state index contributed by atoms with van der Waals surface area (Å²) in [6.45, 7) is 1.46. The maximum atomic E-state index is 11.3. The minimum Gasteiger partial charge on any atom is -0.477 e. The molecule has 1 fully saturated rings. The highest BCUT2D eigenvalue weighted by atomic mass is 32.2. The van der Waals surface area contributed by atoms with Crippen molar-refractivity contribution in [2.75, 3.05) is 5.75 Å². The molecular weight excluding hydrogens is 268 g/mol. The van der Waals surface area contributed by atoms with Gasteiger partial charge in [0.25, 0.3) is 0 Å². The lowest BCUT2D eigenvalue weighted by Crippen LogP contribution is -2.50. The van der Waals surface area contributed by atoms with Crippen LogP contribution in [0.2, 0.25) is 0 Å². The molecule has 0 bridgehead atoms. The monoisotopic (exact) mass is 284 g/mol. The van der Waals surface area contributed by atoms with Gasteiger partial charge >= 0.3 is 0 Å². The molecule has 104 valence electrons. The first-order chi connectivity index (χ1) is 8.99. The van der Waals surface area contributed by atoms with Crippen molar-refractivity contribution in [1.82, 2.24) is 0 Å². The van der Waals surface area contributed by atoms with Crippen LogP contribution in [-0.4, -0.2) is 50.6 Å². The number of aliphatic hydroxyl groups is 3. The number of benzene rings is 1. The van der Waals surface area contributed by atoms with Crippen LogP contribution in [-0.2, 0) is 0 Å². The summed E-state index contributed by atoms with van der Waals surface area (Å²) < 4.78 is 5.57. The van der Waals surface area contributed by atoms with Gasteiger partial charge in [0.05, 0.1) is 6.10 Å². The summed E-state index contributed by atoms with van der Waals surface area (Å²) in [7, 11) is 0. The van der Waals surface area contributed by atoms with Gasteiger partial charge in [0.2, 0.25) is 0 Å². The lowest BCUT2D eigenvalue weighted by Gasteiger charge is -2.34. The fourth-order valence-electron chi connectivity index (χ4n) is 1.81. The Labute approximate surface area is 115 Å². The normalized spacial score (nSPS) is 30.9. The lowest BCUT2D eigenvalue weighted by atomic mass is 10.1. The van der Waals surface area contributed by atoms with Crippen LogP contribution < -0.4 is 4.74 Å². The summed E-state index contributed by atoms with van der Waals surface area (Å²) in [6, 6.07) is 6.64. The molecular formula is C13H16O5S. The van der Waals surface area contributed by atoms with Crippen LogP contribution in [0.4, 0.5) is 0 Å². The third-order valence-corrected chi connectivity index (χ3v) is 4.18. The molecule has 2 rings (SSSR count). The van der Waals surface area contributed by atoms with Crippen molar-refractivity contribution in [2.24, 2.45) is 0 Å². The molecule has 1 aliphatic heterocycles. The van der Waals surface area contributed by atoms with Crippen molar-refractivity contribution < 1.29 is 24.9 Å². The van der Waals surface area contributed by atoms with E-state index in [1.165, 1.54) is 18.7 Å². The van der Waals surface area contributed by atoms with Crippen molar-refractivity contribution in [3.05, 3.63) is 29.8 Å². The topological polar surface area (TPSA) is 87.0 Å². The van der Waals surface area contributed by atoms with Crippen molar-refractivity contribution >= 4 is 17.5 Å². The van der Waals surface area contributed by atoms with Crippen LogP contribution in [0.15, 0.2) is 24.3 Å². The first-order valence-electron chi connectivity index (χ1n) is 5.92. The van der Waals surface area contributed by atoms with Crippen LogP contribution in [0.5, 0.6) is 5.75 Å². The first-order valence-corrected chi connectivity index (χ1v) is 6.97. The second-order valence-corrected chi connectivity index (χ2v) is 5.58. The molecule has 0 spiro atoms. The molecule has 5 nitrogen and oxygen atoms in total. The van der Waals surface area contributed by atoms with E-state index in [2.05, 4.69) is 0 Å². The molecule has 1 aromatic rings. The molecule has 0 unspecified atom stereocenters. The molecule has 0 aromatic heterocycles. The summed E-state index contributed by atoms with van der Waals surface area (Å²) in [5, 5.41) is 28.8. The van der Waals surface area contributed by atoms with E-state index in [0.717, 1.165) is 0 Å². The number of carbonyl (C=O) groups is 1. The molecule has 6 heteroatoms. The van der Waals surface area contributed by atoms with Gasteiger partial charge in [-0.25, -0.2) is 0 Å². The van der Waals surface area contributed by atoms with E-state index >= 15 is 0 Å². The molecule has 0 radical (unpaired) electrons. The van der Waals surface area contributed by atoms with E-state index in [9.17, 15) is 20.1 Å². The van der Waals surface area contributed by atoms with Gasteiger partial charge in [-0.15, -0.1) is 11.8 Å². The summed E-state index contributed by atoms with van der Waals surface area (Å²) in [4.78, 5) is 11.3. The molecule has 4 atom stereocenters. The molecule has 3 N–H and O–H groups in total. The van der Waals surface area contributed by atoms with Gasteiger partial charge in [0.1, 0.15) is 18.0 Å². The summed E-state index contributed by atoms with van der Waals surface area (Å²) in [5.41, 5.74) is -0.144. The van der Waals surface area contributed by atoms with Gasteiger partial charge in [-0.3, -0.25) is 4.79 Å². The number of thioether (sulfide) groups is 1. The summed E-state index contributed by atoms with van der Waals surface area (Å²) in [6.07, 6.45) is -3.35. The minimum absolute atomic E-state index is 0.0715. The number of hydrogen-bond acceptors (Lipinski definition) is 6. The molecule has 0 aliphatic carbocycles. The second-order valence-electron chi connectivity index (χ2n) is 4.45. The van der Waals surface area contributed by atoms with E-state index in [4.69, 9.17) is 4.74 Å². The van der Waals surface area contributed by atoms with Crippen molar-refractivity contribution in [2.45, 2.75) is 30.7 Å². The quantitative estimate of drug-likeness (QED) is 0.698. The Balaban J connectivity index is 2.09. The highest BCUT2D eigenvalue weighted by molar-refractivity contribution is 7.99. The number of aliphatic hydroxyl groups excluding tert-OH is 3. The standard InChI is InChI=1S/C13H16O5S/c1-7(14)8-3-2-4-9(5-8)18-13-12(17)11(16)10(15)6-19-13/h2-5,10-13,15-17H,6H2,1H3/t10-,11+,12-,13-/m1/s1. The van der Waals surface area contributed by atoms with Gasteiger partial charge in [-0.1, -0.05) is 12.1 Å². The average Bonchev–Trinajstić information content (AvgIpc) is 2.40. The number of hydrogen-bond donors (Lipinski definition) is 3. The number of ether oxygens (including phenoxy) is 1. The SMILES string of the molecule is CC(=O)c1cccc(O[C@@H]2SC[C@@H](O)[C@H](O)[C@H]2O)c1. The molecule has 1 aromatic carbocycles. The van der Waals surface area contributed by atoms with E-state index in [0.29, 0.717) is 11.3 Å². The third-order valence-electron chi connectivity index (χ3n) is 2.95. The molecule has 0 saturated carbocycles. The van der Waals surface area contributed by atoms with Crippen molar-refractivity contribution in [3.63, 3.8) is 0 Å². The van der Waals surface area contributed by atoms with Crippen molar-refractivity contribution in [3.8, 4) is 5.75 Å². The molecule has 1 saturated heterocycles. The highest BCUT2D eigenvalue weighted by Gasteiger charge is 2.38. The third kappa shape index (κ3) is 3.27. The highest BCUT2D eigenvalue weighted by Crippen LogP contribution is 2.29. The molecule has 1 aliphatic rings. The van der Waals surface area contributed by atoms with Crippen LogP contribution in [0.3, 0.4) is 0 Å². The van der Waals surface area contributed by atoms with E-state index in [1.807, 2.05) is 0 Å². The van der Waals surface area contributed by atoms with Gasteiger partial charge in [0, 0.05) is 11.3 Å². The van der Waals surface area contributed by atoms with Crippen molar-refractivity contribution in [1.29, 1.82) is 0 Å². The number of carbonyl (C=O) groups excluding carboxylic acids is 1. The largest absolute Gasteiger partial charge is 0.477 e. The maximum Gasteiger partial charge on any atom is 0.173 e. The first kappa shape index (κ1) is 14.3. The second kappa shape index (κ2) is 5.92. The average molecular weight is 284 g/mol. The fourth-order valence-corrected chi connectivity index (χ4v) is 2.93. The molecule has 0 amide bonds. The predicted molar refractivity (Wildman–Crippen MR) is 71.3 cm³/mol. The minimum atomic E-state index is -1.22.